The van der Waals surface area contributed by atoms with Crippen LogP contribution in [0.25, 0.3) is 0 Å². The van der Waals surface area contributed by atoms with E-state index in [-0.39, 0.29) is 6.10 Å². The fourth-order valence-electron chi connectivity index (χ4n) is 4.70. The maximum absolute atomic E-state index is 12.3. The number of ketones is 1. The van der Waals surface area contributed by atoms with E-state index in [1.165, 1.54) is 56.9 Å². The van der Waals surface area contributed by atoms with E-state index in [4.69, 9.17) is 4.74 Å². The van der Waals surface area contributed by atoms with E-state index in [2.05, 4.69) is 6.58 Å². The molecule has 3 rings (SSSR count). The molecule has 0 aromatic carbocycles. The Morgan fingerprint density at radius 2 is 1.59 bits per heavy atom. The summed E-state index contributed by atoms with van der Waals surface area (Å²) in [6.45, 7) is 4.26. The lowest BCUT2D eigenvalue weighted by Crippen LogP contribution is -2.37. The average Bonchev–Trinajstić information content (AvgIpc) is 2.59. The van der Waals surface area contributed by atoms with Gasteiger partial charge in [-0.15, -0.1) is 0 Å². The third-order valence-corrected chi connectivity index (χ3v) is 6.19. The van der Waals surface area contributed by atoms with Gasteiger partial charge >= 0.3 is 0 Å². The van der Waals surface area contributed by atoms with Crippen LogP contribution in [-0.2, 0) is 9.53 Å². The minimum atomic E-state index is 0.221. The average molecular weight is 304 g/mol. The van der Waals surface area contributed by atoms with Gasteiger partial charge in [0.05, 0.1) is 12.2 Å². The highest BCUT2D eigenvalue weighted by atomic mass is 16.5. The summed E-state index contributed by atoms with van der Waals surface area (Å²) in [7, 11) is 0. The number of rotatable bonds is 5. The molecule has 22 heavy (non-hydrogen) atoms. The van der Waals surface area contributed by atoms with Crippen molar-refractivity contribution in [3.8, 4) is 0 Å². The second-order valence-corrected chi connectivity index (χ2v) is 7.74. The lowest BCUT2D eigenvalue weighted by atomic mass is 9.79. The van der Waals surface area contributed by atoms with Crippen LogP contribution in [0.3, 0.4) is 0 Å². The highest BCUT2D eigenvalue weighted by molar-refractivity contribution is 5.81. The predicted molar refractivity (Wildman–Crippen MR) is 89.8 cm³/mol. The largest absolute Gasteiger partial charge is 0.370 e. The quantitative estimate of drug-likeness (QED) is 0.652. The fourth-order valence-corrected chi connectivity index (χ4v) is 4.70. The van der Waals surface area contributed by atoms with E-state index < -0.39 is 0 Å². The summed E-state index contributed by atoms with van der Waals surface area (Å²) in [5.41, 5.74) is 1.17. The second kappa shape index (κ2) is 7.77. The van der Waals surface area contributed by atoms with Crippen LogP contribution in [0, 0.1) is 11.8 Å². The highest BCUT2D eigenvalue weighted by Crippen LogP contribution is 2.38. The van der Waals surface area contributed by atoms with Crippen molar-refractivity contribution in [1.29, 1.82) is 0 Å². The lowest BCUT2D eigenvalue weighted by Gasteiger charge is -2.40. The number of fused-ring (bicyclic) bond motifs is 1. The molecule has 0 bridgehead atoms. The van der Waals surface area contributed by atoms with E-state index >= 15 is 0 Å². The lowest BCUT2D eigenvalue weighted by molar-refractivity contribution is -0.123. The summed E-state index contributed by atoms with van der Waals surface area (Å²) >= 11 is 0. The van der Waals surface area contributed by atoms with E-state index in [0.717, 1.165) is 31.6 Å². The molecule has 3 atom stereocenters. The van der Waals surface area contributed by atoms with Crippen molar-refractivity contribution < 1.29 is 9.53 Å². The van der Waals surface area contributed by atoms with Gasteiger partial charge in [0.2, 0.25) is 0 Å². The molecule has 2 heteroatoms. The number of carbonyl (C=O) groups excluding carboxylic acids is 1. The Morgan fingerprint density at radius 3 is 2.41 bits per heavy atom. The molecule has 2 nitrogen and oxygen atoms in total. The van der Waals surface area contributed by atoms with Crippen molar-refractivity contribution in [2.45, 2.75) is 95.7 Å². The van der Waals surface area contributed by atoms with Crippen LogP contribution in [0.4, 0.5) is 0 Å². The molecule has 0 aromatic rings. The molecule has 0 unspecified atom stereocenters. The van der Waals surface area contributed by atoms with Crippen LogP contribution < -0.4 is 0 Å². The topological polar surface area (TPSA) is 26.3 Å². The fraction of sp³-hybridized carbons (Fsp3) is 0.850. The molecule has 3 aliphatic rings. The molecule has 1 heterocycles. The summed E-state index contributed by atoms with van der Waals surface area (Å²) in [4.78, 5) is 12.3. The van der Waals surface area contributed by atoms with Gasteiger partial charge in [0.15, 0.2) is 0 Å². The van der Waals surface area contributed by atoms with Crippen molar-refractivity contribution in [3.05, 3.63) is 12.2 Å². The van der Waals surface area contributed by atoms with E-state index in [1.54, 1.807) is 0 Å². The third-order valence-electron chi connectivity index (χ3n) is 6.19. The van der Waals surface area contributed by atoms with Gasteiger partial charge in [-0.05, 0) is 56.4 Å². The number of ether oxygens (including phenoxy) is 1. The molecule has 0 amide bonds. The number of hydrogen-bond donors (Lipinski definition) is 0. The van der Waals surface area contributed by atoms with Crippen molar-refractivity contribution in [2.75, 3.05) is 0 Å². The number of hydrogen-bond acceptors (Lipinski definition) is 2. The third kappa shape index (κ3) is 4.01. The standard InChI is InChI=1S/C20H32O2/c1-15(11-13-18(21)16-7-3-2-4-8-16)19-14-12-17-9-5-6-10-20(17)22-19/h16-17,19-20H,1-14H2/t17-,19+,20+/m1/s1. The van der Waals surface area contributed by atoms with Gasteiger partial charge in [0.1, 0.15) is 5.78 Å². The molecule has 0 aromatic heterocycles. The normalized spacial score (nSPS) is 33.2. The Hall–Kier alpha value is -0.630. The predicted octanol–water partition coefficient (Wildman–Crippen LogP) is 5.21. The van der Waals surface area contributed by atoms with E-state index in [1.807, 2.05) is 0 Å². The first-order valence-corrected chi connectivity index (χ1v) is 9.60. The Morgan fingerprint density at radius 1 is 0.864 bits per heavy atom. The maximum Gasteiger partial charge on any atom is 0.136 e. The molecule has 2 saturated carbocycles. The molecule has 0 radical (unpaired) electrons. The van der Waals surface area contributed by atoms with Gasteiger partial charge in [-0.1, -0.05) is 38.7 Å². The zero-order valence-electron chi connectivity index (χ0n) is 14.0. The zero-order chi connectivity index (χ0) is 15.4. The Kier molecular flexibility index (Phi) is 5.73. The summed E-state index contributed by atoms with van der Waals surface area (Å²) in [5, 5.41) is 0. The number of Topliss-reactive ketones (excluding diaryl/α,β-unsaturated/α-hetero) is 1. The van der Waals surface area contributed by atoms with Crippen molar-refractivity contribution in [1.82, 2.24) is 0 Å². The summed E-state index contributed by atoms with van der Waals surface area (Å²) in [6.07, 6.45) is 16.0. The van der Waals surface area contributed by atoms with Crippen LogP contribution >= 0.6 is 0 Å². The first-order valence-electron chi connectivity index (χ1n) is 9.60. The number of carbonyl (C=O) groups is 1. The zero-order valence-corrected chi connectivity index (χ0v) is 14.0. The van der Waals surface area contributed by atoms with Crippen molar-refractivity contribution in [2.24, 2.45) is 11.8 Å². The Balaban J connectivity index is 1.42. The minimum absolute atomic E-state index is 0.221. The van der Waals surface area contributed by atoms with E-state index in [9.17, 15) is 4.79 Å². The van der Waals surface area contributed by atoms with Crippen LogP contribution in [-0.4, -0.2) is 18.0 Å². The van der Waals surface area contributed by atoms with Crippen LogP contribution in [0.5, 0.6) is 0 Å². The summed E-state index contributed by atoms with van der Waals surface area (Å²) < 4.78 is 6.32. The van der Waals surface area contributed by atoms with Gasteiger partial charge in [0.25, 0.3) is 0 Å². The first-order chi connectivity index (χ1) is 10.7. The molecule has 0 spiro atoms. The first kappa shape index (κ1) is 16.2. The van der Waals surface area contributed by atoms with Gasteiger partial charge in [0, 0.05) is 12.3 Å². The summed E-state index contributed by atoms with van der Waals surface area (Å²) in [6, 6.07) is 0. The SMILES string of the molecule is C=C(CCC(=O)C1CCCCC1)[C@@H]1CC[C@H]2CCCC[C@@H]2O1. The second-order valence-electron chi connectivity index (χ2n) is 7.74. The Bertz CT molecular complexity index is 395. The molecule has 3 fully saturated rings. The van der Waals surface area contributed by atoms with Gasteiger partial charge < -0.3 is 4.74 Å². The smallest absolute Gasteiger partial charge is 0.136 e. The molecule has 1 aliphatic heterocycles. The van der Waals surface area contributed by atoms with Gasteiger partial charge in [-0.3, -0.25) is 4.79 Å². The molecular weight excluding hydrogens is 272 g/mol. The molecule has 1 saturated heterocycles. The molecule has 2 aliphatic carbocycles. The highest BCUT2D eigenvalue weighted by Gasteiger charge is 2.34. The molecular formula is C20H32O2. The van der Waals surface area contributed by atoms with Crippen LogP contribution in [0.2, 0.25) is 0 Å². The van der Waals surface area contributed by atoms with Gasteiger partial charge in [-0.2, -0.15) is 0 Å². The molecule has 124 valence electrons. The molecule has 0 N–H and O–H groups in total. The Labute approximate surface area is 135 Å². The summed E-state index contributed by atoms with van der Waals surface area (Å²) in [5.74, 6) is 1.62. The van der Waals surface area contributed by atoms with Crippen molar-refractivity contribution in [3.63, 3.8) is 0 Å². The van der Waals surface area contributed by atoms with Crippen LogP contribution in [0.1, 0.15) is 83.5 Å². The monoisotopic (exact) mass is 304 g/mol. The minimum Gasteiger partial charge on any atom is -0.370 e. The van der Waals surface area contributed by atoms with E-state index in [0.29, 0.717) is 24.2 Å². The van der Waals surface area contributed by atoms with Crippen LogP contribution in [0.15, 0.2) is 12.2 Å². The maximum atomic E-state index is 12.3. The van der Waals surface area contributed by atoms with Gasteiger partial charge in [-0.25, -0.2) is 0 Å². The van der Waals surface area contributed by atoms with Crippen molar-refractivity contribution >= 4 is 5.78 Å².